The molecule has 2 aromatic heterocycles. The molecule has 1 aliphatic rings. The number of rotatable bonds is 6. The number of methoxy groups -OCH3 is 1. The van der Waals surface area contributed by atoms with E-state index in [1.807, 2.05) is 47.7 Å². The predicted molar refractivity (Wildman–Crippen MR) is 117 cm³/mol. The Labute approximate surface area is 183 Å². The van der Waals surface area contributed by atoms with E-state index in [0.29, 0.717) is 41.6 Å². The molecule has 0 saturated carbocycles. The number of carbonyl (C=O) groups is 1. The van der Waals surface area contributed by atoms with Gasteiger partial charge in [-0.05, 0) is 35.9 Å². The number of hydrogen-bond acceptors (Lipinski definition) is 6. The topological polar surface area (TPSA) is 96.1 Å². The molecule has 32 heavy (non-hydrogen) atoms. The molecule has 1 amide bonds. The van der Waals surface area contributed by atoms with Crippen LogP contribution in [-0.2, 0) is 24.3 Å². The molecule has 0 spiro atoms. The molecule has 9 nitrogen and oxygen atoms in total. The van der Waals surface area contributed by atoms with Gasteiger partial charge in [0.25, 0.3) is 5.56 Å². The second kappa shape index (κ2) is 7.92. The minimum absolute atomic E-state index is 0.175. The van der Waals surface area contributed by atoms with Crippen LogP contribution in [0.15, 0.2) is 47.3 Å². The molecule has 4 aromatic rings. The summed E-state index contributed by atoms with van der Waals surface area (Å²) < 4.78 is 19.2. The van der Waals surface area contributed by atoms with Gasteiger partial charge < -0.3 is 19.5 Å². The third kappa shape index (κ3) is 3.31. The molecule has 3 heterocycles. The summed E-state index contributed by atoms with van der Waals surface area (Å²) in [4.78, 5) is 25.7. The van der Waals surface area contributed by atoms with Gasteiger partial charge in [-0.3, -0.25) is 14.0 Å². The number of benzene rings is 2. The number of aryl methyl sites for hydroxylation is 1. The highest BCUT2D eigenvalue weighted by Gasteiger charge is 2.17. The average Bonchev–Trinajstić information content (AvgIpc) is 3.44. The van der Waals surface area contributed by atoms with Crippen molar-refractivity contribution in [2.45, 2.75) is 26.4 Å². The number of ether oxygens (including phenoxy) is 3. The number of amides is 1. The van der Waals surface area contributed by atoms with Gasteiger partial charge in [0.1, 0.15) is 23.6 Å². The van der Waals surface area contributed by atoms with Gasteiger partial charge in [0.05, 0.1) is 12.6 Å². The molecule has 0 bridgehead atoms. The fraction of sp³-hybridized carbons (Fsp3) is 0.261. The SMILES string of the molecule is CCc1nn(CC(=O)NCc2ccc3c(c2)OCO3)c(=O)c2cc3c(OC)cccc3n12. The standard InChI is InChI=1S/C23H22N4O5/c1-3-21-25-26(12-22(28)24-11-14-7-8-19-20(9-14)32-13-31-19)23(29)17-10-15-16(27(17)21)5-4-6-18(15)30-2/h4-10H,3,11-13H2,1-2H3,(H,24,28). The third-order valence-corrected chi connectivity index (χ3v) is 5.51. The van der Waals surface area contributed by atoms with Crippen molar-refractivity contribution in [1.82, 2.24) is 19.5 Å². The summed E-state index contributed by atoms with van der Waals surface area (Å²) in [6.45, 7) is 2.29. The van der Waals surface area contributed by atoms with Crippen molar-refractivity contribution in [1.29, 1.82) is 0 Å². The van der Waals surface area contributed by atoms with Crippen molar-refractivity contribution in [2.75, 3.05) is 13.9 Å². The van der Waals surface area contributed by atoms with Crippen molar-refractivity contribution in [2.24, 2.45) is 0 Å². The number of hydrogen-bond donors (Lipinski definition) is 1. The first-order chi connectivity index (χ1) is 15.6. The Bertz CT molecular complexity index is 1410. The Kier molecular flexibility index (Phi) is 4.93. The number of fused-ring (bicyclic) bond motifs is 4. The van der Waals surface area contributed by atoms with Crippen molar-refractivity contribution >= 4 is 22.3 Å². The van der Waals surface area contributed by atoms with Crippen LogP contribution in [0.25, 0.3) is 16.4 Å². The Morgan fingerprint density at radius 2 is 2.00 bits per heavy atom. The summed E-state index contributed by atoms with van der Waals surface area (Å²) >= 11 is 0. The van der Waals surface area contributed by atoms with Crippen molar-refractivity contribution in [3.63, 3.8) is 0 Å². The second-order valence-corrected chi connectivity index (χ2v) is 7.45. The van der Waals surface area contributed by atoms with Crippen LogP contribution in [0.2, 0.25) is 0 Å². The molecule has 164 valence electrons. The first kappa shape index (κ1) is 19.9. The van der Waals surface area contributed by atoms with Gasteiger partial charge in [-0.15, -0.1) is 0 Å². The smallest absolute Gasteiger partial charge is 0.291 e. The molecule has 0 atom stereocenters. The highest BCUT2D eigenvalue weighted by Crippen LogP contribution is 2.32. The van der Waals surface area contributed by atoms with Crippen LogP contribution >= 0.6 is 0 Å². The van der Waals surface area contributed by atoms with E-state index in [0.717, 1.165) is 16.5 Å². The first-order valence-corrected chi connectivity index (χ1v) is 10.3. The first-order valence-electron chi connectivity index (χ1n) is 10.3. The van der Waals surface area contributed by atoms with E-state index in [4.69, 9.17) is 14.2 Å². The summed E-state index contributed by atoms with van der Waals surface area (Å²) in [7, 11) is 1.60. The van der Waals surface area contributed by atoms with Crippen LogP contribution in [0.5, 0.6) is 17.2 Å². The summed E-state index contributed by atoms with van der Waals surface area (Å²) in [5.41, 5.74) is 1.84. The van der Waals surface area contributed by atoms with E-state index in [1.54, 1.807) is 13.2 Å². The van der Waals surface area contributed by atoms with E-state index in [1.165, 1.54) is 4.68 Å². The number of nitrogens with zero attached hydrogens (tertiary/aromatic N) is 3. The van der Waals surface area contributed by atoms with Gasteiger partial charge in [-0.2, -0.15) is 5.10 Å². The fourth-order valence-corrected chi connectivity index (χ4v) is 3.96. The number of nitrogens with one attached hydrogen (secondary N) is 1. The second-order valence-electron chi connectivity index (χ2n) is 7.45. The normalized spacial score (nSPS) is 12.4. The lowest BCUT2D eigenvalue weighted by atomic mass is 10.2. The summed E-state index contributed by atoms with van der Waals surface area (Å²) in [5, 5.41) is 8.13. The zero-order chi connectivity index (χ0) is 22.2. The van der Waals surface area contributed by atoms with E-state index in [-0.39, 0.29) is 24.8 Å². The average molecular weight is 434 g/mol. The van der Waals surface area contributed by atoms with Crippen LogP contribution in [0.1, 0.15) is 18.3 Å². The Morgan fingerprint density at radius 1 is 1.16 bits per heavy atom. The van der Waals surface area contributed by atoms with Crippen LogP contribution in [0.4, 0.5) is 0 Å². The fourth-order valence-electron chi connectivity index (χ4n) is 3.96. The Hall–Kier alpha value is -4.01. The minimum Gasteiger partial charge on any atom is -0.496 e. The van der Waals surface area contributed by atoms with Crippen LogP contribution in [0, 0.1) is 0 Å². The molecule has 0 saturated heterocycles. The molecule has 1 N–H and O–H groups in total. The summed E-state index contributed by atoms with van der Waals surface area (Å²) in [6.07, 6.45) is 0.594. The highest BCUT2D eigenvalue weighted by atomic mass is 16.7. The summed E-state index contributed by atoms with van der Waals surface area (Å²) in [6, 6.07) is 12.9. The molecular weight excluding hydrogens is 412 g/mol. The van der Waals surface area contributed by atoms with E-state index in [9.17, 15) is 9.59 Å². The van der Waals surface area contributed by atoms with Gasteiger partial charge in [0.15, 0.2) is 11.5 Å². The largest absolute Gasteiger partial charge is 0.496 e. The van der Waals surface area contributed by atoms with Gasteiger partial charge in [-0.1, -0.05) is 19.1 Å². The van der Waals surface area contributed by atoms with Crippen LogP contribution in [-0.4, -0.2) is 34.0 Å². The molecule has 5 rings (SSSR count). The van der Waals surface area contributed by atoms with Gasteiger partial charge in [-0.25, -0.2) is 4.68 Å². The number of aromatic nitrogens is 3. The maximum atomic E-state index is 13.1. The quantitative estimate of drug-likeness (QED) is 0.500. The summed E-state index contributed by atoms with van der Waals surface area (Å²) in [5.74, 6) is 2.40. The van der Waals surface area contributed by atoms with Gasteiger partial charge in [0.2, 0.25) is 12.7 Å². The molecule has 1 aliphatic heterocycles. The number of carbonyl (C=O) groups excluding carboxylic acids is 1. The lowest BCUT2D eigenvalue weighted by Crippen LogP contribution is -2.35. The molecule has 9 heteroatoms. The van der Waals surface area contributed by atoms with Gasteiger partial charge in [0, 0.05) is 18.4 Å². The Morgan fingerprint density at radius 3 is 2.81 bits per heavy atom. The van der Waals surface area contributed by atoms with E-state index < -0.39 is 0 Å². The minimum atomic E-state index is -0.335. The Balaban J connectivity index is 1.42. The molecular formula is C23H22N4O5. The van der Waals surface area contributed by atoms with Gasteiger partial charge >= 0.3 is 0 Å². The van der Waals surface area contributed by atoms with Crippen LogP contribution in [0.3, 0.4) is 0 Å². The zero-order valence-corrected chi connectivity index (χ0v) is 17.8. The van der Waals surface area contributed by atoms with Crippen molar-refractivity contribution < 1.29 is 19.0 Å². The monoisotopic (exact) mass is 434 g/mol. The van der Waals surface area contributed by atoms with Crippen molar-refractivity contribution in [3.8, 4) is 17.2 Å². The van der Waals surface area contributed by atoms with Crippen LogP contribution < -0.4 is 25.1 Å². The maximum absolute atomic E-state index is 13.1. The van der Waals surface area contributed by atoms with E-state index >= 15 is 0 Å². The molecule has 2 aromatic carbocycles. The molecule has 0 radical (unpaired) electrons. The molecule has 0 aliphatic carbocycles. The lowest BCUT2D eigenvalue weighted by molar-refractivity contribution is -0.122. The third-order valence-electron chi connectivity index (χ3n) is 5.51. The lowest BCUT2D eigenvalue weighted by Gasteiger charge is -2.11. The zero-order valence-electron chi connectivity index (χ0n) is 17.8. The van der Waals surface area contributed by atoms with E-state index in [2.05, 4.69) is 10.4 Å². The highest BCUT2D eigenvalue weighted by molar-refractivity contribution is 5.92. The predicted octanol–water partition coefficient (Wildman–Crippen LogP) is 2.27. The van der Waals surface area contributed by atoms with Crippen molar-refractivity contribution in [3.05, 3.63) is 64.2 Å². The maximum Gasteiger partial charge on any atom is 0.291 e. The molecule has 0 unspecified atom stereocenters. The molecule has 0 fully saturated rings.